The molecule has 0 bridgehead atoms. The lowest BCUT2D eigenvalue weighted by Gasteiger charge is -2.14. The van der Waals surface area contributed by atoms with Gasteiger partial charge in [-0.1, -0.05) is 18.1 Å². The summed E-state index contributed by atoms with van der Waals surface area (Å²) in [4.78, 5) is 25.9. The summed E-state index contributed by atoms with van der Waals surface area (Å²) >= 11 is 0. The molecule has 28 heavy (non-hydrogen) atoms. The summed E-state index contributed by atoms with van der Waals surface area (Å²) in [5, 5.41) is 4.10. The van der Waals surface area contributed by atoms with Crippen LogP contribution in [0.4, 0.5) is 11.5 Å². The minimum absolute atomic E-state index is 0.0314. The summed E-state index contributed by atoms with van der Waals surface area (Å²) in [6.45, 7) is 7.58. The van der Waals surface area contributed by atoms with Gasteiger partial charge in [0.15, 0.2) is 0 Å². The van der Waals surface area contributed by atoms with Crippen LogP contribution in [0.2, 0.25) is 0 Å². The number of benzene rings is 2. The number of likely N-dealkylation sites (N-methyl/N-ethyl adjacent to an activating group) is 1. The summed E-state index contributed by atoms with van der Waals surface area (Å²) in [7, 11) is 1.71. The van der Waals surface area contributed by atoms with E-state index in [4.69, 9.17) is 13.0 Å². The Labute approximate surface area is 164 Å². The Bertz CT molecular complexity index is 1090. The van der Waals surface area contributed by atoms with E-state index in [2.05, 4.69) is 26.1 Å². The number of carbonyl (C=O) groups is 1. The molecule has 6 heteroatoms. The second-order valence-electron chi connectivity index (χ2n) is 6.30. The summed E-state index contributed by atoms with van der Waals surface area (Å²) in [6, 6.07) is 13.2. The maximum atomic E-state index is 12.4. The molecule has 0 unspecified atom stereocenters. The van der Waals surface area contributed by atoms with Gasteiger partial charge in [0.25, 0.3) is 0 Å². The fraction of sp³-hybridized carbons (Fsp3) is 0.182. The van der Waals surface area contributed by atoms with E-state index in [1.807, 2.05) is 42.5 Å². The third-order valence-electron chi connectivity index (χ3n) is 4.32. The average Bonchev–Trinajstić information content (AvgIpc) is 2.72. The van der Waals surface area contributed by atoms with Gasteiger partial charge in [-0.25, -0.2) is 16.5 Å². The van der Waals surface area contributed by atoms with Crippen molar-refractivity contribution in [1.82, 2.24) is 14.9 Å². The largest absolute Gasteiger partial charge is 0.340 e. The Balaban J connectivity index is 1.86. The topological polar surface area (TPSA) is 62.5 Å². The summed E-state index contributed by atoms with van der Waals surface area (Å²) in [5.41, 5.74) is 3.25. The van der Waals surface area contributed by atoms with Crippen molar-refractivity contribution in [2.45, 2.75) is 6.42 Å². The Hall–Kier alpha value is -3.90. The van der Waals surface area contributed by atoms with Crippen molar-refractivity contribution >= 4 is 28.3 Å². The summed E-state index contributed by atoms with van der Waals surface area (Å²) in [6.07, 6.45) is 7.22. The molecule has 6 nitrogen and oxygen atoms in total. The number of nitrogens with one attached hydrogen (secondary N) is 1. The Morgan fingerprint density at radius 3 is 2.93 bits per heavy atom. The zero-order chi connectivity index (χ0) is 19.9. The fourth-order valence-corrected chi connectivity index (χ4v) is 2.77. The maximum Gasteiger partial charge on any atom is 0.231 e. The summed E-state index contributed by atoms with van der Waals surface area (Å²) in [5.74, 6) is 3.23. The van der Waals surface area contributed by atoms with Crippen LogP contribution in [0.15, 0.2) is 48.8 Å². The highest BCUT2D eigenvalue weighted by Crippen LogP contribution is 2.24. The van der Waals surface area contributed by atoms with Crippen molar-refractivity contribution in [3.05, 3.63) is 71.3 Å². The molecule has 3 aromatic rings. The van der Waals surface area contributed by atoms with Gasteiger partial charge in [0, 0.05) is 23.7 Å². The molecular weight excluding hydrogens is 350 g/mol. The first-order valence-corrected chi connectivity index (χ1v) is 8.75. The molecule has 0 radical (unpaired) electrons. The van der Waals surface area contributed by atoms with Crippen LogP contribution in [0.5, 0.6) is 0 Å². The van der Waals surface area contributed by atoms with Crippen molar-refractivity contribution in [2.75, 3.05) is 25.5 Å². The highest BCUT2D eigenvalue weighted by atomic mass is 16.2. The lowest BCUT2D eigenvalue weighted by molar-refractivity contribution is -0.129. The zero-order valence-electron chi connectivity index (χ0n) is 15.5. The zero-order valence-corrected chi connectivity index (χ0v) is 15.5. The van der Waals surface area contributed by atoms with Crippen molar-refractivity contribution in [1.29, 1.82) is 0 Å². The minimum Gasteiger partial charge on any atom is -0.340 e. The quantitative estimate of drug-likeness (QED) is 0.535. The van der Waals surface area contributed by atoms with E-state index in [0.29, 0.717) is 18.9 Å². The Morgan fingerprint density at radius 2 is 2.14 bits per heavy atom. The normalized spacial score (nSPS) is 10.1. The summed E-state index contributed by atoms with van der Waals surface area (Å²) < 4.78 is 0. The number of hydrogen-bond acceptors (Lipinski definition) is 4. The Kier molecular flexibility index (Phi) is 5.84. The van der Waals surface area contributed by atoms with Gasteiger partial charge in [-0.15, -0.1) is 6.42 Å². The van der Waals surface area contributed by atoms with E-state index in [0.717, 1.165) is 27.7 Å². The molecule has 1 aromatic heterocycles. The van der Waals surface area contributed by atoms with Crippen LogP contribution in [0.3, 0.4) is 0 Å². The molecule has 0 saturated carbocycles. The lowest BCUT2D eigenvalue weighted by atomic mass is 10.1. The fourth-order valence-electron chi connectivity index (χ4n) is 2.77. The van der Waals surface area contributed by atoms with Crippen molar-refractivity contribution < 1.29 is 4.79 Å². The Morgan fingerprint density at radius 1 is 1.29 bits per heavy atom. The minimum atomic E-state index is -0.0314. The molecule has 1 heterocycles. The lowest BCUT2D eigenvalue weighted by Crippen LogP contribution is -2.30. The van der Waals surface area contributed by atoms with Crippen LogP contribution < -0.4 is 5.32 Å². The smallest absolute Gasteiger partial charge is 0.231 e. The predicted molar refractivity (Wildman–Crippen MR) is 110 cm³/mol. The van der Waals surface area contributed by atoms with Crippen LogP contribution >= 0.6 is 0 Å². The molecule has 0 saturated heterocycles. The molecular formula is C22H19N5O. The van der Waals surface area contributed by atoms with Crippen LogP contribution in [-0.2, 0) is 11.2 Å². The average molecular weight is 369 g/mol. The number of fused-ring (bicyclic) bond motifs is 1. The van der Waals surface area contributed by atoms with Gasteiger partial charge in [0.2, 0.25) is 12.5 Å². The number of carbonyl (C=O) groups excluding carboxylic acids is 1. The van der Waals surface area contributed by atoms with E-state index in [1.54, 1.807) is 11.9 Å². The second-order valence-corrected chi connectivity index (χ2v) is 6.30. The van der Waals surface area contributed by atoms with Gasteiger partial charge >= 0.3 is 0 Å². The van der Waals surface area contributed by atoms with Crippen LogP contribution in [0, 0.1) is 18.9 Å². The molecule has 1 amide bonds. The molecule has 0 atom stereocenters. The van der Waals surface area contributed by atoms with Gasteiger partial charge in [-0.3, -0.25) is 4.79 Å². The number of nitrogens with zero attached hydrogens (tertiary/aromatic N) is 4. The first-order valence-electron chi connectivity index (χ1n) is 8.75. The number of rotatable bonds is 6. The predicted octanol–water partition coefficient (Wildman–Crippen LogP) is 3.27. The number of aromatic nitrogens is 2. The van der Waals surface area contributed by atoms with E-state index in [-0.39, 0.29) is 12.3 Å². The van der Waals surface area contributed by atoms with Crippen molar-refractivity contribution in [3.63, 3.8) is 0 Å². The van der Waals surface area contributed by atoms with Crippen LogP contribution in [0.25, 0.3) is 15.7 Å². The van der Waals surface area contributed by atoms with E-state index < -0.39 is 0 Å². The number of hydrogen-bond donors (Lipinski definition) is 1. The highest BCUT2D eigenvalue weighted by Gasteiger charge is 2.12. The molecule has 0 fully saturated rings. The molecule has 0 aliphatic heterocycles. The molecule has 0 aliphatic rings. The molecule has 138 valence electrons. The molecule has 0 spiro atoms. The van der Waals surface area contributed by atoms with E-state index in [1.165, 1.54) is 6.33 Å². The van der Waals surface area contributed by atoms with Crippen LogP contribution in [0.1, 0.15) is 11.1 Å². The number of amides is 1. The third-order valence-corrected chi connectivity index (χ3v) is 4.32. The third kappa shape index (κ3) is 4.44. The highest BCUT2D eigenvalue weighted by molar-refractivity contribution is 5.92. The van der Waals surface area contributed by atoms with Gasteiger partial charge in [0.1, 0.15) is 12.1 Å². The number of anilines is 2. The number of terminal acetylenes is 1. The van der Waals surface area contributed by atoms with Gasteiger partial charge in [-0.05, 0) is 35.9 Å². The van der Waals surface area contributed by atoms with Crippen molar-refractivity contribution in [2.24, 2.45) is 0 Å². The SMILES string of the molecule is [C-]#[N+]CCN(C)C(=O)Cc1ccc2ncnc(Nc3cccc(C#C)c3)c2c1. The van der Waals surface area contributed by atoms with Gasteiger partial charge < -0.3 is 15.1 Å². The van der Waals surface area contributed by atoms with Gasteiger partial charge in [-0.2, -0.15) is 0 Å². The first-order chi connectivity index (χ1) is 13.6. The first kappa shape index (κ1) is 18.9. The molecule has 0 aliphatic carbocycles. The molecule has 3 rings (SSSR count). The standard InChI is InChI=1S/C22H19N5O/c1-4-16-6-5-7-18(12-16)26-22-19-13-17(8-9-20(19)24-15-25-22)14-21(28)27(3)11-10-23-2/h1,5-9,12-13,15H,10-11,14H2,3H3,(H,24,25,26). The maximum absolute atomic E-state index is 12.4. The monoisotopic (exact) mass is 369 g/mol. The second kappa shape index (κ2) is 8.66. The van der Waals surface area contributed by atoms with E-state index >= 15 is 0 Å². The van der Waals surface area contributed by atoms with Crippen molar-refractivity contribution in [3.8, 4) is 12.3 Å². The molecule has 1 N–H and O–H groups in total. The van der Waals surface area contributed by atoms with Gasteiger partial charge in [0.05, 0.1) is 18.5 Å². The van der Waals surface area contributed by atoms with E-state index in [9.17, 15) is 4.79 Å². The molecule has 2 aromatic carbocycles. The van der Waals surface area contributed by atoms with Crippen LogP contribution in [-0.4, -0.2) is 40.9 Å².